The van der Waals surface area contributed by atoms with Crippen LogP contribution in [0.2, 0.25) is 0 Å². The van der Waals surface area contributed by atoms with Gasteiger partial charge in [-0.2, -0.15) is 5.10 Å². The minimum atomic E-state index is -0.497. The fourth-order valence-corrected chi connectivity index (χ4v) is 1.33. The Kier molecular flexibility index (Phi) is 5.31. The molecule has 0 unspecified atom stereocenters. The highest BCUT2D eigenvalue weighted by molar-refractivity contribution is 5.95. The van der Waals surface area contributed by atoms with Crippen LogP contribution in [0.4, 0.5) is 0 Å². The lowest BCUT2D eigenvalue weighted by Gasteiger charge is -2.00. The van der Waals surface area contributed by atoms with Crippen LogP contribution in [0.15, 0.2) is 6.07 Å². The molecule has 1 amide bonds. The number of nitrogens with zero attached hydrogens (tertiary/aromatic N) is 2. The zero-order valence-corrected chi connectivity index (χ0v) is 10.7. The van der Waals surface area contributed by atoms with Crippen molar-refractivity contribution < 1.29 is 19.1 Å². The number of nitrogens with one attached hydrogen (secondary N) is 1. The average molecular weight is 255 g/mol. The first-order valence-corrected chi connectivity index (χ1v) is 5.58. The van der Waals surface area contributed by atoms with Gasteiger partial charge in [0.2, 0.25) is 0 Å². The molecular weight excluding hydrogens is 238 g/mol. The molecule has 0 aliphatic rings. The Hall–Kier alpha value is -1.89. The first-order chi connectivity index (χ1) is 8.60. The van der Waals surface area contributed by atoms with Crippen molar-refractivity contribution in [3.8, 4) is 0 Å². The second-order valence-corrected chi connectivity index (χ2v) is 3.51. The van der Waals surface area contributed by atoms with E-state index in [1.54, 1.807) is 21.1 Å². The van der Waals surface area contributed by atoms with E-state index in [-0.39, 0.29) is 23.9 Å². The number of amides is 1. The van der Waals surface area contributed by atoms with E-state index in [9.17, 15) is 9.59 Å². The van der Waals surface area contributed by atoms with Crippen LogP contribution in [0.5, 0.6) is 0 Å². The molecule has 0 radical (unpaired) electrons. The molecule has 0 atom stereocenters. The summed E-state index contributed by atoms with van der Waals surface area (Å²) in [6, 6.07) is 1.40. The van der Waals surface area contributed by atoms with Crippen molar-refractivity contribution >= 4 is 11.9 Å². The lowest BCUT2D eigenvalue weighted by molar-refractivity contribution is 0.0513. The number of rotatable bonds is 6. The van der Waals surface area contributed by atoms with Gasteiger partial charge in [-0.3, -0.25) is 9.48 Å². The molecule has 0 saturated heterocycles. The molecule has 0 aliphatic carbocycles. The Labute approximate surface area is 105 Å². The molecule has 0 saturated carbocycles. The Morgan fingerprint density at radius 3 is 2.83 bits per heavy atom. The molecule has 7 nitrogen and oxygen atoms in total. The summed E-state index contributed by atoms with van der Waals surface area (Å²) in [5, 5.41) is 6.58. The Bertz CT molecular complexity index is 428. The van der Waals surface area contributed by atoms with Gasteiger partial charge in [0.05, 0.1) is 13.2 Å². The van der Waals surface area contributed by atoms with Crippen LogP contribution < -0.4 is 5.32 Å². The summed E-state index contributed by atoms with van der Waals surface area (Å²) in [6.07, 6.45) is 0. The fourth-order valence-electron chi connectivity index (χ4n) is 1.33. The molecule has 0 spiro atoms. The van der Waals surface area contributed by atoms with E-state index in [1.165, 1.54) is 10.7 Å². The van der Waals surface area contributed by atoms with Crippen molar-refractivity contribution in [2.45, 2.75) is 6.92 Å². The van der Waals surface area contributed by atoms with E-state index >= 15 is 0 Å². The monoisotopic (exact) mass is 255 g/mol. The van der Waals surface area contributed by atoms with Gasteiger partial charge in [0.25, 0.3) is 5.91 Å². The summed E-state index contributed by atoms with van der Waals surface area (Å²) >= 11 is 0. The summed E-state index contributed by atoms with van der Waals surface area (Å²) in [4.78, 5) is 23.2. The average Bonchev–Trinajstić information content (AvgIpc) is 2.72. The Balaban J connectivity index is 2.71. The molecule has 18 heavy (non-hydrogen) atoms. The minimum absolute atomic E-state index is 0.177. The molecule has 0 bridgehead atoms. The number of aryl methyl sites for hydroxylation is 1. The summed E-state index contributed by atoms with van der Waals surface area (Å²) < 4.78 is 11.0. The number of carbonyl (C=O) groups excluding carboxylic acids is 2. The smallest absolute Gasteiger partial charge is 0.356 e. The summed E-state index contributed by atoms with van der Waals surface area (Å²) in [5.74, 6) is -0.846. The molecule has 1 aromatic rings. The second kappa shape index (κ2) is 6.75. The van der Waals surface area contributed by atoms with Crippen molar-refractivity contribution in [2.75, 3.05) is 26.9 Å². The van der Waals surface area contributed by atoms with Crippen molar-refractivity contribution in [1.29, 1.82) is 0 Å². The van der Waals surface area contributed by atoms with E-state index in [0.717, 1.165) is 0 Å². The summed E-state index contributed by atoms with van der Waals surface area (Å²) in [6.45, 7) is 2.80. The molecule has 1 aromatic heterocycles. The van der Waals surface area contributed by atoms with E-state index in [0.29, 0.717) is 13.2 Å². The topological polar surface area (TPSA) is 82.5 Å². The van der Waals surface area contributed by atoms with Gasteiger partial charge in [0.15, 0.2) is 5.69 Å². The third-order valence-corrected chi connectivity index (χ3v) is 2.19. The molecule has 0 aromatic carbocycles. The maximum atomic E-state index is 11.7. The largest absolute Gasteiger partial charge is 0.461 e. The van der Waals surface area contributed by atoms with Crippen LogP contribution in [-0.2, 0) is 16.5 Å². The van der Waals surface area contributed by atoms with Crippen LogP contribution in [0.25, 0.3) is 0 Å². The lowest BCUT2D eigenvalue weighted by Crippen LogP contribution is -2.27. The normalized spacial score (nSPS) is 10.2. The van der Waals surface area contributed by atoms with E-state index in [2.05, 4.69) is 10.4 Å². The van der Waals surface area contributed by atoms with Gasteiger partial charge in [-0.15, -0.1) is 0 Å². The maximum Gasteiger partial charge on any atom is 0.356 e. The number of esters is 1. The van der Waals surface area contributed by atoms with Crippen LogP contribution >= 0.6 is 0 Å². The van der Waals surface area contributed by atoms with Gasteiger partial charge >= 0.3 is 5.97 Å². The molecule has 1 rings (SSSR count). The van der Waals surface area contributed by atoms with Crippen molar-refractivity contribution in [3.05, 3.63) is 17.5 Å². The third-order valence-electron chi connectivity index (χ3n) is 2.19. The van der Waals surface area contributed by atoms with Crippen molar-refractivity contribution in [2.24, 2.45) is 7.05 Å². The molecule has 100 valence electrons. The van der Waals surface area contributed by atoms with Crippen molar-refractivity contribution in [1.82, 2.24) is 15.1 Å². The van der Waals surface area contributed by atoms with Gasteiger partial charge in [-0.25, -0.2) is 4.79 Å². The maximum absolute atomic E-state index is 11.7. The van der Waals surface area contributed by atoms with Crippen LogP contribution in [0, 0.1) is 0 Å². The number of aromatic nitrogens is 2. The van der Waals surface area contributed by atoms with Gasteiger partial charge < -0.3 is 14.8 Å². The first-order valence-electron chi connectivity index (χ1n) is 5.58. The summed E-state index contributed by atoms with van der Waals surface area (Å²) in [7, 11) is 3.13. The highest BCUT2D eigenvalue weighted by atomic mass is 16.5. The highest BCUT2D eigenvalue weighted by Gasteiger charge is 2.17. The zero-order chi connectivity index (χ0) is 13.5. The number of hydrogen-bond donors (Lipinski definition) is 1. The number of hydrogen-bond acceptors (Lipinski definition) is 5. The number of ether oxygens (including phenoxy) is 2. The Morgan fingerprint density at radius 1 is 1.50 bits per heavy atom. The van der Waals surface area contributed by atoms with E-state index < -0.39 is 5.97 Å². The zero-order valence-electron chi connectivity index (χ0n) is 10.7. The molecular formula is C11H17N3O4. The quantitative estimate of drug-likeness (QED) is 0.570. The van der Waals surface area contributed by atoms with Crippen LogP contribution in [0.3, 0.4) is 0 Å². The van der Waals surface area contributed by atoms with E-state index in [1.807, 2.05) is 0 Å². The standard InChI is InChI=1S/C11H17N3O4/c1-4-18-11(16)9-7-8(13-14(9)2)10(15)12-5-6-17-3/h7H,4-6H2,1-3H3,(H,12,15). The first kappa shape index (κ1) is 14.2. The van der Waals surface area contributed by atoms with Gasteiger partial charge in [0, 0.05) is 26.8 Å². The molecule has 7 heteroatoms. The lowest BCUT2D eigenvalue weighted by atomic mass is 10.3. The Morgan fingerprint density at radius 2 is 2.22 bits per heavy atom. The van der Waals surface area contributed by atoms with Crippen LogP contribution in [0.1, 0.15) is 27.9 Å². The number of carbonyl (C=O) groups is 2. The van der Waals surface area contributed by atoms with Gasteiger partial charge in [-0.1, -0.05) is 0 Å². The predicted octanol–water partition coefficient (Wildman–Crippen LogP) is -0.0270. The summed E-state index contributed by atoms with van der Waals surface area (Å²) in [5.41, 5.74) is 0.422. The van der Waals surface area contributed by atoms with Crippen molar-refractivity contribution in [3.63, 3.8) is 0 Å². The van der Waals surface area contributed by atoms with Crippen LogP contribution in [-0.4, -0.2) is 48.5 Å². The predicted molar refractivity (Wildman–Crippen MR) is 63.4 cm³/mol. The highest BCUT2D eigenvalue weighted by Crippen LogP contribution is 2.05. The van der Waals surface area contributed by atoms with Gasteiger partial charge in [-0.05, 0) is 6.92 Å². The molecule has 1 N–H and O–H groups in total. The fraction of sp³-hybridized carbons (Fsp3) is 0.545. The van der Waals surface area contributed by atoms with E-state index in [4.69, 9.17) is 9.47 Å². The molecule has 0 fully saturated rings. The SMILES string of the molecule is CCOC(=O)c1cc(C(=O)NCCOC)nn1C. The second-order valence-electron chi connectivity index (χ2n) is 3.51. The third kappa shape index (κ3) is 3.56. The molecule has 0 aliphatic heterocycles. The van der Waals surface area contributed by atoms with Gasteiger partial charge in [0.1, 0.15) is 5.69 Å². The number of methoxy groups -OCH3 is 1. The molecule has 1 heterocycles. The minimum Gasteiger partial charge on any atom is -0.461 e.